The number of hydrogen-bond acceptors (Lipinski definition) is 0. The minimum Gasteiger partial charge on any atom is -0.0878 e. The molecule has 2 heteroatoms. The Morgan fingerprint density at radius 1 is 0.750 bits per heavy atom. The van der Waals surface area contributed by atoms with Crippen molar-refractivity contribution < 1.29 is 0 Å². The molecule has 2 rings (SSSR count). The van der Waals surface area contributed by atoms with Crippen LogP contribution < -0.4 is 0 Å². The number of alkyl halides is 2. The van der Waals surface area contributed by atoms with E-state index >= 15 is 0 Å². The molecule has 0 saturated heterocycles. The van der Waals surface area contributed by atoms with Crippen LogP contribution in [-0.4, -0.2) is 9.65 Å². The van der Waals surface area contributed by atoms with Crippen LogP contribution in [0.2, 0.25) is 0 Å². The molecule has 0 unspecified atom stereocenters. The van der Waals surface area contributed by atoms with Crippen molar-refractivity contribution in [3.63, 3.8) is 0 Å². The average Bonchev–Trinajstić information content (AvgIpc) is 2.07. The first-order valence-corrected chi connectivity index (χ1v) is 6.88. The molecule has 0 heterocycles. The zero-order chi connectivity index (χ0) is 8.55. The fourth-order valence-electron chi connectivity index (χ4n) is 2.78. The van der Waals surface area contributed by atoms with Gasteiger partial charge in [-0.15, -0.1) is 0 Å². The maximum atomic E-state index is 3.77. The predicted octanol–water partition coefficient (Wildman–Crippen LogP) is 4.11. The van der Waals surface area contributed by atoms with Crippen LogP contribution in [0, 0.1) is 11.8 Å². The summed E-state index contributed by atoms with van der Waals surface area (Å²) in [7, 11) is 0. The monoisotopic (exact) mass is 294 g/mol. The zero-order valence-electron chi connectivity index (χ0n) is 7.31. The molecule has 4 atom stereocenters. The van der Waals surface area contributed by atoms with E-state index in [9.17, 15) is 0 Å². The van der Waals surface area contributed by atoms with Crippen molar-refractivity contribution in [2.75, 3.05) is 0 Å². The molecule has 2 aliphatic carbocycles. The number of fused-ring (bicyclic) bond motifs is 1. The Labute approximate surface area is 91.7 Å². The summed E-state index contributed by atoms with van der Waals surface area (Å²) in [5.41, 5.74) is 0. The lowest BCUT2D eigenvalue weighted by Gasteiger charge is -2.40. The van der Waals surface area contributed by atoms with Gasteiger partial charge in [-0.25, -0.2) is 0 Å². The molecule has 2 saturated carbocycles. The Hall–Kier alpha value is 0.960. The lowest BCUT2D eigenvalue weighted by atomic mass is 9.71. The number of hydrogen-bond donors (Lipinski definition) is 0. The van der Waals surface area contributed by atoms with Crippen LogP contribution in [-0.2, 0) is 0 Å². The van der Waals surface area contributed by atoms with Gasteiger partial charge in [0, 0.05) is 9.65 Å². The van der Waals surface area contributed by atoms with Gasteiger partial charge in [-0.1, -0.05) is 57.5 Å². The van der Waals surface area contributed by atoms with E-state index in [0.717, 1.165) is 21.5 Å². The molecule has 0 aromatic carbocycles. The van der Waals surface area contributed by atoms with Crippen LogP contribution >= 0.6 is 31.9 Å². The minimum absolute atomic E-state index is 0.733. The second-order valence-corrected chi connectivity index (χ2v) is 6.66. The maximum Gasteiger partial charge on any atom is 0.0273 e. The van der Waals surface area contributed by atoms with Gasteiger partial charge >= 0.3 is 0 Å². The van der Waals surface area contributed by atoms with Crippen molar-refractivity contribution in [3.8, 4) is 0 Å². The molecule has 12 heavy (non-hydrogen) atoms. The standard InChI is InChI=1S/C10H16Br2/c11-9-5-7-3-1-2-4-8(7)6-10(9)12/h7-10H,1-6H2/t7-,8+,9+,10-. The Balaban J connectivity index is 1.98. The van der Waals surface area contributed by atoms with E-state index in [-0.39, 0.29) is 0 Å². The van der Waals surface area contributed by atoms with E-state index in [1.807, 2.05) is 0 Å². The van der Waals surface area contributed by atoms with Crippen molar-refractivity contribution in [3.05, 3.63) is 0 Å². The van der Waals surface area contributed by atoms with E-state index in [2.05, 4.69) is 31.9 Å². The summed E-state index contributed by atoms with van der Waals surface area (Å²) in [6.07, 6.45) is 8.75. The van der Waals surface area contributed by atoms with Crippen molar-refractivity contribution in [2.24, 2.45) is 11.8 Å². The second-order valence-electron chi connectivity index (χ2n) is 4.31. The van der Waals surface area contributed by atoms with E-state index < -0.39 is 0 Å². The minimum atomic E-state index is 0.733. The van der Waals surface area contributed by atoms with Gasteiger partial charge in [0.25, 0.3) is 0 Å². The quantitative estimate of drug-likeness (QED) is 0.590. The SMILES string of the molecule is Br[C@@H]1C[C@@H]2CCCC[C@@H]2C[C@@H]1Br. The van der Waals surface area contributed by atoms with Crippen LogP contribution in [0.5, 0.6) is 0 Å². The molecule has 0 amide bonds. The Morgan fingerprint density at radius 2 is 1.17 bits per heavy atom. The average molecular weight is 296 g/mol. The summed E-state index contributed by atoms with van der Waals surface area (Å²) in [6, 6.07) is 0. The first-order valence-electron chi connectivity index (χ1n) is 5.05. The highest BCUT2D eigenvalue weighted by atomic mass is 79.9. The van der Waals surface area contributed by atoms with Crippen molar-refractivity contribution in [1.82, 2.24) is 0 Å². The van der Waals surface area contributed by atoms with Gasteiger partial charge < -0.3 is 0 Å². The fourth-order valence-corrected chi connectivity index (χ4v) is 4.17. The fraction of sp³-hybridized carbons (Fsp3) is 1.00. The van der Waals surface area contributed by atoms with Crippen LogP contribution in [0.3, 0.4) is 0 Å². The van der Waals surface area contributed by atoms with Gasteiger partial charge in [-0.2, -0.15) is 0 Å². The van der Waals surface area contributed by atoms with Crippen molar-refractivity contribution in [1.29, 1.82) is 0 Å². The van der Waals surface area contributed by atoms with Crippen LogP contribution in [0.4, 0.5) is 0 Å². The molecule has 0 aromatic heterocycles. The third kappa shape index (κ3) is 1.89. The van der Waals surface area contributed by atoms with Crippen molar-refractivity contribution >= 4 is 31.9 Å². The third-order valence-electron chi connectivity index (χ3n) is 3.51. The first kappa shape index (κ1) is 9.51. The Morgan fingerprint density at radius 3 is 1.58 bits per heavy atom. The van der Waals surface area contributed by atoms with Gasteiger partial charge in [-0.05, 0) is 24.7 Å². The normalized spacial score (nSPS) is 48.5. The van der Waals surface area contributed by atoms with E-state index in [0.29, 0.717) is 0 Å². The summed E-state index contributed by atoms with van der Waals surface area (Å²) in [5, 5.41) is 0. The predicted molar refractivity (Wildman–Crippen MR) is 60.1 cm³/mol. The van der Waals surface area contributed by atoms with Crippen LogP contribution in [0.1, 0.15) is 38.5 Å². The van der Waals surface area contributed by atoms with Crippen LogP contribution in [0.15, 0.2) is 0 Å². The molecular formula is C10H16Br2. The molecule has 0 aliphatic heterocycles. The molecule has 0 nitrogen and oxygen atoms in total. The molecule has 2 aliphatic rings. The van der Waals surface area contributed by atoms with E-state index in [4.69, 9.17) is 0 Å². The van der Waals surface area contributed by atoms with E-state index in [1.54, 1.807) is 0 Å². The topological polar surface area (TPSA) is 0 Å². The lowest BCUT2D eigenvalue weighted by Crippen LogP contribution is -2.34. The first-order chi connectivity index (χ1) is 5.77. The summed E-state index contributed by atoms with van der Waals surface area (Å²) in [6.45, 7) is 0. The number of rotatable bonds is 0. The molecule has 0 aromatic rings. The van der Waals surface area contributed by atoms with Gasteiger partial charge in [0.05, 0.1) is 0 Å². The highest BCUT2D eigenvalue weighted by molar-refractivity contribution is 9.12. The number of halogens is 2. The summed E-state index contributed by atoms with van der Waals surface area (Å²) in [4.78, 5) is 1.47. The van der Waals surface area contributed by atoms with E-state index in [1.165, 1.54) is 38.5 Å². The molecular weight excluding hydrogens is 280 g/mol. The van der Waals surface area contributed by atoms with Crippen molar-refractivity contribution in [2.45, 2.75) is 48.2 Å². The second kappa shape index (κ2) is 4.00. The lowest BCUT2D eigenvalue weighted by molar-refractivity contribution is 0.181. The molecule has 0 spiro atoms. The van der Waals surface area contributed by atoms with Crippen LogP contribution in [0.25, 0.3) is 0 Å². The largest absolute Gasteiger partial charge is 0.0878 e. The molecule has 0 bridgehead atoms. The molecule has 70 valence electrons. The molecule has 0 N–H and O–H groups in total. The van der Waals surface area contributed by atoms with Gasteiger partial charge in [0.15, 0.2) is 0 Å². The zero-order valence-corrected chi connectivity index (χ0v) is 10.5. The Bertz CT molecular complexity index is 140. The van der Waals surface area contributed by atoms with Gasteiger partial charge in [0.2, 0.25) is 0 Å². The maximum absolute atomic E-state index is 3.77. The highest BCUT2D eigenvalue weighted by Crippen LogP contribution is 2.44. The molecule has 2 fully saturated rings. The summed E-state index contributed by atoms with van der Waals surface area (Å²) >= 11 is 7.54. The third-order valence-corrected chi connectivity index (χ3v) is 6.25. The smallest absolute Gasteiger partial charge is 0.0273 e. The molecule has 0 radical (unpaired) electrons. The van der Waals surface area contributed by atoms with Gasteiger partial charge in [-0.3, -0.25) is 0 Å². The summed E-state index contributed by atoms with van der Waals surface area (Å²) in [5.74, 6) is 2.08. The Kier molecular flexibility index (Phi) is 3.17. The summed E-state index contributed by atoms with van der Waals surface area (Å²) < 4.78 is 0. The van der Waals surface area contributed by atoms with Gasteiger partial charge in [0.1, 0.15) is 0 Å². The highest BCUT2D eigenvalue weighted by Gasteiger charge is 2.35.